The van der Waals surface area contributed by atoms with Crippen LogP contribution in [0.3, 0.4) is 0 Å². The number of nitrogens with zero attached hydrogens (tertiary/aromatic N) is 2. The second-order valence-corrected chi connectivity index (χ2v) is 4.13. The summed E-state index contributed by atoms with van der Waals surface area (Å²) in [6.07, 6.45) is 5.96. The summed E-state index contributed by atoms with van der Waals surface area (Å²) in [5.74, 6) is 0.205. The van der Waals surface area contributed by atoms with Crippen molar-refractivity contribution >= 4 is 11.7 Å². The molecule has 0 radical (unpaired) electrons. The van der Waals surface area contributed by atoms with Gasteiger partial charge in [0.05, 0.1) is 0 Å². The van der Waals surface area contributed by atoms with Gasteiger partial charge in [-0.3, -0.25) is 4.98 Å². The highest BCUT2D eigenvalue weighted by atomic mass is 16.2. The summed E-state index contributed by atoms with van der Waals surface area (Å²) in [7, 11) is 0. The third-order valence-corrected chi connectivity index (χ3v) is 2.93. The van der Waals surface area contributed by atoms with E-state index < -0.39 is 6.03 Å². The standard InChI is InChI=1S/C12H16N4O/c13-12(17)16-15-11-7-2-1-5-9(11)10-6-3-4-8-14-10/h3-4,6,8-9H,1-2,5,7H2,(H3,13,16,17)/b15-11-/t9-/m0/s1. The fourth-order valence-corrected chi connectivity index (χ4v) is 2.16. The number of primary amides is 1. The first-order chi connectivity index (χ1) is 8.27. The molecule has 0 aliphatic heterocycles. The second-order valence-electron chi connectivity index (χ2n) is 4.13. The lowest BCUT2D eigenvalue weighted by atomic mass is 9.85. The molecular weight excluding hydrogens is 216 g/mol. The third-order valence-electron chi connectivity index (χ3n) is 2.93. The molecule has 2 rings (SSSR count). The van der Waals surface area contributed by atoms with E-state index in [9.17, 15) is 4.79 Å². The van der Waals surface area contributed by atoms with Gasteiger partial charge in [-0.25, -0.2) is 10.2 Å². The Morgan fingerprint density at radius 3 is 3.06 bits per heavy atom. The fourth-order valence-electron chi connectivity index (χ4n) is 2.16. The van der Waals surface area contributed by atoms with E-state index in [2.05, 4.69) is 15.5 Å². The molecule has 0 bridgehead atoms. The average molecular weight is 232 g/mol. The number of rotatable bonds is 2. The quantitative estimate of drug-likeness (QED) is 0.762. The van der Waals surface area contributed by atoms with Crippen LogP contribution in [0, 0.1) is 0 Å². The topological polar surface area (TPSA) is 80.4 Å². The number of nitrogens with one attached hydrogen (secondary N) is 1. The van der Waals surface area contributed by atoms with E-state index in [1.54, 1.807) is 6.20 Å². The van der Waals surface area contributed by atoms with Gasteiger partial charge in [0.15, 0.2) is 0 Å². The van der Waals surface area contributed by atoms with Gasteiger partial charge in [-0.05, 0) is 31.4 Å². The molecule has 90 valence electrons. The normalized spacial score (nSPS) is 22.4. The summed E-state index contributed by atoms with van der Waals surface area (Å²) in [6.45, 7) is 0. The van der Waals surface area contributed by atoms with Crippen LogP contribution in [0.25, 0.3) is 0 Å². The summed E-state index contributed by atoms with van der Waals surface area (Å²) in [4.78, 5) is 15.0. The summed E-state index contributed by atoms with van der Waals surface area (Å²) in [6, 6.07) is 5.24. The largest absolute Gasteiger partial charge is 0.350 e. The van der Waals surface area contributed by atoms with Gasteiger partial charge in [-0.1, -0.05) is 12.5 Å². The van der Waals surface area contributed by atoms with Crippen LogP contribution >= 0.6 is 0 Å². The molecule has 0 aromatic carbocycles. The molecule has 0 unspecified atom stereocenters. The van der Waals surface area contributed by atoms with Crippen molar-refractivity contribution < 1.29 is 4.79 Å². The Kier molecular flexibility index (Phi) is 3.69. The van der Waals surface area contributed by atoms with E-state index in [-0.39, 0.29) is 5.92 Å². The van der Waals surface area contributed by atoms with E-state index in [4.69, 9.17) is 5.73 Å². The van der Waals surface area contributed by atoms with Crippen LogP contribution in [-0.2, 0) is 0 Å². The van der Waals surface area contributed by atoms with Crippen molar-refractivity contribution in [3.05, 3.63) is 30.1 Å². The molecule has 1 aliphatic carbocycles. The SMILES string of the molecule is NC(=O)N/N=C1/CCCC[C@H]1c1ccccn1. The molecule has 1 atom stereocenters. The molecule has 1 saturated carbocycles. The van der Waals surface area contributed by atoms with Gasteiger partial charge in [0.25, 0.3) is 0 Å². The zero-order valence-electron chi connectivity index (χ0n) is 9.60. The maximum Gasteiger partial charge on any atom is 0.332 e. The smallest absolute Gasteiger partial charge is 0.332 e. The molecule has 1 aliphatic rings. The van der Waals surface area contributed by atoms with Crippen molar-refractivity contribution in [1.82, 2.24) is 10.4 Å². The Morgan fingerprint density at radius 1 is 1.47 bits per heavy atom. The molecule has 1 heterocycles. The Hall–Kier alpha value is -1.91. The van der Waals surface area contributed by atoms with Crippen LogP contribution in [0.2, 0.25) is 0 Å². The van der Waals surface area contributed by atoms with E-state index in [1.165, 1.54) is 0 Å². The molecule has 0 saturated heterocycles. The zero-order valence-corrected chi connectivity index (χ0v) is 9.60. The number of carbonyl (C=O) groups excluding carboxylic acids is 1. The van der Waals surface area contributed by atoms with Crippen molar-refractivity contribution in [3.63, 3.8) is 0 Å². The van der Waals surface area contributed by atoms with Gasteiger partial charge in [-0.15, -0.1) is 0 Å². The minimum absolute atomic E-state index is 0.205. The van der Waals surface area contributed by atoms with E-state index >= 15 is 0 Å². The number of amides is 2. The van der Waals surface area contributed by atoms with E-state index in [0.717, 1.165) is 37.1 Å². The first kappa shape index (κ1) is 11.6. The lowest BCUT2D eigenvalue weighted by Crippen LogP contribution is -2.28. The molecule has 0 spiro atoms. The van der Waals surface area contributed by atoms with E-state index in [0.29, 0.717) is 0 Å². The van der Waals surface area contributed by atoms with Gasteiger partial charge in [0.2, 0.25) is 0 Å². The van der Waals surface area contributed by atoms with Crippen LogP contribution in [0.4, 0.5) is 4.79 Å². The molecule has 1 fully saturated rings. The maximum atomic E-state index is 10.7. The molecule has 1 aromatic heterocycles. The Balaban J connectivity index is 2.18. The first-order valence-electron chi connectivity index (χ1n) is 5.80. The van der Waals surface area contributed by atoms with Crippen molar-refractivity contribution in [1.29, 1.82) is 0 Å². The zero-order chi connectivity index (χ0) is 12.1. The number of hydrazone groups is 1. The molecule has 17 heavy (non-hydrogen) atoms. The van der Waals surface area contributed by atoms with Gasteiger partial charge < -0.3 is 5.73 Å². The highest BCUT2D eigenvalue weighted by Gasteiger charge is 2.23. The number of urea groups is 1. The number of carbonyl (C=O) groups is 1. The Bertz CT molecular complexity index is 416. The lowest BCUT2D eigenvalue weighted by Gasteiger charge is -2.23. The number of nitrogens with two attached hydrogens (primary N) is 1. The molecular formula is C12H16N4O. The van der Waals surface area contributed by atoms with Crippen LogP contribution in [0.1, 0.15) is 37.3 Å². The van der Waals surface area contributed by atoms with Crippen LogP contribution in [0.5, 0.6) is 0 Å². The third kappa shape index (κ3) is 3.03. The molecule has 5 heteroatoms. The van der Waals surface area contributed by atoms with Crippen molar-refractivity contribution in [3.8, 4) is 0 Å². The van der Waals surface area contributed by atoms with Crippen molar-refractivity contribution in [2.75, 3.05) is 0 Å². The number of hydrogen-bond donors (Lipinski definition) is 2. The van der Waals surface area contributed by atoms with Crippen LogP contribution < -0.4 is 11.2 Å². The summed E-state index contributed by atoms with van der Waals surface area (Å²) >= 11 is 0. The molecule has 2 amide bonds. The van der Waals surface area contributed by atoms with E-state index in [1.807, 2.05) is 18.2 Å². The van der Waals surface area contributed by atoms with Gasteiger partial charge in [0.1, 0.15) is 0 Å². The number of pyridine rings is 1. The minimum atomic E-state index is -0.622. The summed E-state index contributed by atoms with van der Waals surface area (Å²) < 4.78 is 0. The predicted molar refractivity (Wildman–Crippen MR) is 65.6 cm³/mol. The van der Waals surface area contributed by atoms with Crippen molar-refractivity contribution in [2.24, 2.45) is 10.8 Å². The van der Waals surface area contributed by atoms with Gasteiger partial charge in [-0.2, -0.15) is 5.10 Å². The second kappa shape index (κ2) is 5.43. The Morgan fingerprint density at radius 2 is 2.35 bits per heavy atom. The van der Waals surface area contributed by atoms with Crippen LogP contribution in [-0.4, -0.2) is 16.7 Å². The first-order valence-corrected chi connectivity index (χ1v) is 5.80. The summed E-state index contributed by atoms with van der Waals surface area (Å²) in [5, 5.41) is 4.09. The number of hydrogen-bond acceptors (Lipinski definition) is 3. The predicted octanol–water partition coefficient (Wildman–Crippen LogP) is 1.76. The Labute approximate surface area is 100 Å². The molecule has 5 nitrogen and oxygen atoms in total. The van der Waals surface area contributed by atoms with Gasteiger partial charge >= 0.3 is 6.03 Å². The van der Waals surface area contributed by atoms with Crippen molar-refractivity contribution in [2.45, 2.75) is 31.6 Å². The van der Waals surface area contributed by atoms with Crippen LogP contribution in [0.15, 0.2) is 29.5 Å². The van der Waals surface area contributed by atoms with Gasteiger partial charge in [0, 0.05) is 23.5 Å². The fraction of sp³-hybridized carbons (Fsp3) is 0.417. The monoisotopic (exact) mass is 232 g/mol. The number of aromatic nitrogens is 1. The maximum absolute atomic E-state index is 10.7. The summed E-state index contributed by atoms with van der Waals surface area (Å²) in [5.41, 5.74) is 9.31. The minimum Gasteiger partial charge on any atom is -0.350 e. The highest BCUT2D eigenvalue weighted by molar-refractivity contribution is 5.92. The molecule has 3 N–H and O–H groups in total. The molecule has 1 aromatic rings. The average Bonchev–Trinajstić information content (AvgIpc) is 2.38. The highest BCUT2D eigenvalue weighted by Crippen LogP contribution is 2.29. The lowest BCUT2D eigenvalue weighted by molar-refractivity contribution is 0.249.